The molecule has 0 bridgehead atoms. The van der Waals surface area contributed by atoms with Crippen LogP contribution in [0.15, 0.2) is 0 Å². The van der Waals surface area contributed by atoms with Crippen LogP contribution in [-0.4, -0.2) is 64.4 Å². The molecule has 0 radical (unpaired) electrons. The average Bonchev–Trinajstić information content (AvgIpc) is 2.30. The zero-order chi connectivity index (χ0) is 12.4. The summed E-state index contributed by atoms with van der Waals surface area (Å²) in [6.07, 6.45) is 0.751. The van der Waals surface area contributed by atoms with Crippen molar-refractivity contribution < 1.29 is 14.3 Å². The standard InChI is InChI=1S/C11H24N2O3/c1-5-12-10(11(14)16-4)6-7-13(2)8-9-15-3/h10,12H,5-9H2,1-4H3. The summed E-state index contributed by atoms with van der Waals surface area (Å²) in [7, 11) is 5.12. The SMILES string of the molecule is CCNC(CCN(C)CCOC)C(=O)OC. The lowest BCUT2D eigenvalue weighted by Crippen LogP contribution is -2.40. The van der Waals surface area contributed by atoms with Gasteiger partial charge in [-0.1, -0.05) is 6.92 Å². The van der Waals surface area contributed by atoms with Crippen LogP contribution in [0, 0.1) is 0 Å². The lowest BCUT2D eigenvalue weighted by Gasteiger charge is -2.20. The second-order valence-electron chi connectivity index (χ2n) is 3.72. The van der Waals surface area contributed by atoms with Crippen LogP contribution in [-0.2, 0) is 14.3 Å². The Morgan fingerprint density at radius 2 is 2.06 bits per heavy atom. The quantitative estimate of drug-likeness (QED) is 0.572. The van der Waals surface area contributed by atoms with Gasteiger partial charge in [-0.25, -0.2) is 0 Å². The Morgan fingerprint density at radius 1 is 1.38 bits per heavy atom. The van der Waals surface area contributed by atoms with E-state index in [4.69, 9.17) is 9.47 Å². The Morgan fingerprint density at radius 3 is 2.56 bits per heavy atom. The first-order valence-electron chi connectivity index (χ1n) is 5.64. The summed E-state index contributed by atoms with van der Waals surface area (Å²) in [5, 5.41) is 3.11. The highest BCUT2D eigenvalue weighted by atomic mass is 16.5. The van der Waals surface area contributed by atoms with Gasteiger partial charge in [0.2, 0.25) is 0 Å². The smallest absolute Gasteiger partial charge is 0.322 e. The minimum atomic E-state index is -0.208. The number of rotatable bonds is 9. The summed E-state index contributed by atoms with van der Waals surface area (Å²) in [4.78, 5) is 13.5. The van der Waals surface area contributed by atoms with E-state index in [0.717, 1.165) is 26.1 Å². The number of nitrogens with zero attached hydrogens (tertiary/aromatic N) is 1. The maximum atomic E-state index is 11.4. The molecule has 1 atom stereocenters. The molecule has 0 aromatic rings. The summed E-state index contributed by atoms with van der Waals surface area (Å²) in [6, 6.07) is -0.208. The van der Waals surface area contributed by atoms with Crippen molar-refractivity contribution in [3.8, 4) is 0 Å². The first-order valence-corrected chi connectivity index (χ1v) is 5.64. The molecule has 0 aromatic carbocycles. The zero-order valence-corrected chi connectivity index (χ0v) is 10.8. The summed E-state index contributed by atoms with van der Waals surface area (Å²) >= 11 is 0. The fourth-order valence-electron chi connectivity index (χ4n) is 1.40. The van der Waals surface area contributed by atoms with Crippen LogP contribution >= 0.6 is 0 Å². The molecule has 1 N–H and O–H groups in total. The third-order valence-electron chi connectivity index (χ3n) is 2.41. The molecule has 5 nitrogen and oxygen atoms in total. The van der Waals surface area contributed by atoms with Crippen LogP contribution in [0.25, 0.3) is 0 Å². The van der Waals surface area contributed by atoms with Gasteiger partial charge in [-0.2, -0.15) is 0 Å². The molecule has 0 rings (SSSR count). The molecule has 96 valence electrons. The van der Waals surface area contributed by atoms with Crippen LogP contribution in [0.5, 0.6) is 0 Å². The van der Waals surface area contributed by atoms with Gasteiger partial charge in [0.25, 0.3) is 0 Å². The number of carbonyl (C=O) groups is 1. The molecule has 1 unspecified atom stereocenters. The van der Waals surface area contributed by atoms with Crippen LogP contribution in [0.4, 0.5) is 0 Å². The highest BCUT2D eigenvalue weighted by molar-refractivity contribution is 5.75. The number of carbonyl (C=O) groups excluding carboxylic acids is 1. The molecule has 0 saturated carbocycles. The summed E-state index contributed by atoms with van der Waals surface area (Å²) in [5.74, 6) is -0.193. The number of hydrogen-bond acceptors (Lipinski definition) is 5. The Hall–Kier alpha value is -0.650. The molecular formula is C11H24N2O3. The van der Waals surface area contributed by atoms with Crippen molar-refractivity contribution in [2.75, 3.05) is 47.5 Å². The Labute approximate surface area is 98.1 Å². The lowest BCUT2D eigenvalue weighted by atomic mass is 10.2. The molecule has 0 spiro atoms. The highest BCUT2D eigenvalue weighted by Crippen LogP contribution is 1.97. The number of likely N-dealkylation sites (N-methyl/N-ethyl adjacent to an activating group) is 2. The van der Waals surface area contributed by atoms with E-state index >= 15 is 0 Å². The minimum Gasteiger partial charge on any atom is -0.468 e. The largest absolute Gasteiger partial charge is 0.468 e. The van der Waals surface area contributed by atoms with Gasteiger partial charge in [0.05, 0.1) is 13.7 Å². The van der Waals surface area contributed by atoms with E-state index < -0.39 is 0 Å². The van der Waals surface area contributed by atoms with Gasteiger partial charge >= 0.3 is 5.97 Å². The summed E-state index contributed by atoms with van der Waals surface area (Å²) in [6.45, 7) is 5.17. The molecule has 16 heavy (non-hydrogen) atoms. The van der Waals surface area contributed by atoms with Crippen LogP contribution in [0.2, 0.25) is 0 Å². The minimum absolute atomic E-state index is 0.193. The first-order chi connectivity index (χ1) is 7.65. The molecule has 0 aliphatic rings. The number of esters is 1. The van der Waals surface area contributed by atoms with Crippen molar-refractivity contribution in [1.29, 1.82) is 0 Å². The molecule has 0 saturated heterocycles. The predicted octanol–water partition coefficient (Wildman–Crippen LogP) is 0.106. The fourth-order valence-corrected chi connectivity index (χ4v) is 1.40. The van der Waals surface area contributed by atoms with E-state index in [0.29, 0.717) is 6.61 Å². The maximum absolute atomic E-state index is 11.4. The number of nitrogens with one attached hydrogen (secondary N) is 1. The van der Waals surface area contributed by atoms with Crippen molar-refractivity contribution in [2.24, 2.45) is 0 Å². The number of ether oxygens (including phenoxy) is 2. The second kappa shape index (κ2) is 9.57. The van der Waals surface area contributed by atoms with Gasteiger partial charge in [0.1, 0.15) is 6.04 Å². The van der Waals surface area contributed by atoms with E-state index in [2.05, 4.69) is 10.2 Å². The van der Waals surface area contributed by atoms with Gasteiger partial charge in [0.15, 0.2) is 0 Å². The van der Waals surface area contributed by atoms with E-state index in [1.54, 1.807) is 7.11 Å². The first kappa shape index (κ1) is 15.3. The molecule has 0 fully saturated rings. The van der Waals surface area contributed by atoms with Gasteiger partial charge in [-0.3, -0.25) is 4.79 Å². The molecule has 0 amide bonds. The average molecular weight is 232 g/mol. The monoisotopic (exact) mass is 232 g/mol. The molecular weight excluding hydrogens is 208 g/mol. The number of hydrogen-bond donors (Lipinski definition) is 1. The van der Waals surface area contributed by atoms with Crippen molar-refractivity contribution in [3.63, 3.8) is 0 Å². The normalized spacial score (nSPS) is 12.8. The van der Waals surface area contributed by atoms with E-state index in [1.807, 2.05) is 14.0 Å². The van der Waals surface area contributed by atoms with Crippen molar-refractivity contribution in [3.05, 3.63) is 0 Å². The summed E-state index contributed by atoms with van der Waals surface area (Å²) in [5.41, 5.74) is 0. The third kappa shape index (κ3) is 6.76. The highest BCUT2D eigenvalue weighted by Gasteiger charge is 2.17. The van der Waals surface area contributed by atoms with Crippen molar-refractivity contribution in [1.82, 2.24) is 10.2 Å². The summed E-state index contributed by atoms with van der Waals surface area (Å²) < 4.78 is 9.72. The zero-order valence-electron chi connectivity index (χ0n) is 10.8. The van der Waals surface area contributed by atoms with Crippen molar-refractivity contribution in [2.45, 2.75) is 19.4 Å². The maximum Gasteiger partial charge on any atom is 0.322 e. The van der Waals surface area contributed by atoms with Gasteiger partial charge < -0.3 is 19.7 Å². The van der Waals surface area contributed by atoms with Gasteiger partial charge in [0, 0.05) is 13.7 Å². The molecule has 0 aliphatic carbocycles. The number of methoxy groups -OCH3 is 2. The predicted molar refractivity (Wildman–Crippen MR) is 63.5 cm³/mol. The molecule has 0 aliphatic heterocycles. The lowest BCUT2D eigenvalue weighted by molar-refractivity contribution is -0.143. The second-order valence-corrected chi connectivity index (χ2v) is 3.72. The van der Waals surface area contributed by atoms with Gasteiger partial charge in [-0.05, 0) is 26.6 Å². The Kier molecular flexibility index (Phi) is 9.18. The molecule has 0 aromatic heterocycles. The van der Waals surface area contributed by atoms with E-state index in [9.17, 15) is 4.79 Å². The van der Waals surface area contributed by atoms with Crippen LogP contribution in [0.3, 0.4) is 0 Å². The Balaban J connectivity index is 3.86. The molecule has 0 heterocycles. The third-order valence-corrected chi connectivity index (χ3v) is 2.41. The van der Waals surface area contributed by atoms with E-state index in [-0.39, 0.29) is 12.0 Å². The van der Waals surface area contributed by atoms with Crippen LogP contribution in [0.1, 0.15) is 13.3 Å². The van der Waals surface area contributed by atoms with Gasteiger partial charge in [-0.15, -0.1) is 0 Å². The Bertz CT molecular complexity index is 188. The fraction of sp³-hybridized carbons (Fsp3) is 0.909. The van der Waals surface area contributed by atoms with E-state index in [1.165, 1.54) is 7.11 Å². The topological polar surface area (TPSA) is 50.8 Å². The van der Waals surface area contributed by atoms with Crippen molar-refractivity contribution >= 4 is 5.97 Å². The molecule has 5 heteroatoms. The van der Waals surface area contributed by atoms with Crippen LogP contribution < -0.4 is 5.32 Å².